The van der Waals surface area contributed by atoms with Gasteiger partial charge in [0.25, 0.3) is 0 Å². The monoisotopic (exact) mass is 304 g/mol. The Labute approximate surface area is 131 Å². The van der Waals surface area contributed by atoms with Crippen molar-refractivity contribution < 1.29 is 14.7 Å². The molecule has 1 fully saturated rings. The van der Waals surface area contributed by atoms with Crippen LogP contribution < -0.4 is 5.32 Å². The third-order valence-electron chi connectivity index (χ3n) is 4.10. The molecular formula is C17H24N2O3. The lowest BCUT2D eigenvalue weighted by molar-refractivity contribution is -0.138. The maximum atomic E-state index is 12.0. The van der Waals surface area contributed by atoms with Gasteiger partial charge in [0, 0.05) is 12.6 Å². The minimum absolute atomic E-state index is 0.219. The average molecular weight is 304 g/mol. The molecule has 1 amide bonds. The minimum atomic E-state index is -1.01. The second-order valence-corrected chi connectivity index (χ2v) is 5.85. The molecule has 5 heteroatoms. The van der Waals surface area contributed by atoms with Gasteiger partial charge in [0.15, 0.2) is 0 Å². The summed E-state index contributed by atoms with van der Waals surface area (Å²) in [6.07, 6.45) is 5.89. The van der Waals surface area contributed by atoms with E-state index >= 15 is 0 Å². The zero-order valence-corrected chi connectivity index (χ0v) is 12.8. The molecule has 5 nitrogen and oxygen atoms in total. The van der Waals surface area contributed by atoms with E-state index in [4.69, 9.17) is 5.11 Å². The van der Waals surface area contributed by atoms with Crippen LogP contribution >= 0.6 is 0 Å². The van der Waals surface area contributed by atoms with Crippen LogP contribution in [0, 0.1) is 0 Å². The minimum Gasteiger partial charge on any atom is -0.480 e. The second kappa shape index (κ2) is 8.54. The zero-order valence-electron chi connectivity index (χ0n) is 12.8. The van der Waals surface area contributed by atoms with Gasteiger partial charge in [0.2, 0.25) is 5.91 Å². The molecule has 1 aromatic carbocycles. The third kappa shape index (κ3) is 5.48. The maximum absolute atomic E-state index is 12.0. The Bertz CT molecular complexity index is 484. The number of carboxylic acids is 1. The highest BCUT2D eigenvalue weighted by atomic mass is 16.4. The number of carbonyl (C=O) groups is 2. The lowest BCUT2D eigenvalue weighted by atomic mass is 9.94. The van der Waals surface area contributed by atoms with Gasteiger partial charge in [-0.05, 0) is 18.4 Å². The van der Waals surface area contributed by atoms with Crippen molar-refractivity contribution in [3.63, 3.8) is 0 Å². The SMILES string of the molecule is O=C(O)CNC(=O)CN(Cc1ccccc1)C1CCCCC1. The molecule has 1 aliphatic rings. The van der Waals surface area contributed by atoms with E-state index in [1.807, 2.05) is 18.2 Å². The molecule has 2 rings (SSSR count). The summed E-state index contributed by atoms with van der Waals surface area (Å²) in [7, 11) is 0. The van der Waals surface area contributed by atoms with Gasteiger partial charge in [-0.15, -0.1) is 0 Å². The smallest absolute Gasteiger partial charge is 0.322 e. The van der Waals surface area contributed by atoms with Crippen molar-refractivity contribution in [3.05, 3.63) is 35.9 Å². The summed E-state index contributed by atoms with van der Waals surface area (Å²) in [6.45, 7) is 0.668. The van der Waals surface area contributed by atoms with E-state index in [9.17, 15) is 9.59 Å². The molecule has 0 saturated heterocycles. The van der Waals surface area contributed by atoms with E-state index in [-0.39, 0.29) is 19.0 Å². The first-order valence-electron chi connectivity index (χ1n) is 7.91. The normalized spacial score (nSPS) is 15.7. The van der Waals surface area contributed by atoms with Crippen molar-refractivity contribution in [1.29, 1.82) is 0 Å². The summed E-state index contributed by atoms with van der Waals surface area (Å²) in [4.78, 5) is 24.7. The Kier molecular flexibility index (Phi) is 6.40. The van der Waals surface area contributed by atoms with Crippen molar-refractivity contribution in [1.82, 2.24) is 10.2 Å². The summed E-state index contributed by atoms with van der Waals surface area (Å²) < 4.78 is 0. The number of nitrogens with one attached hydrogen (secondary N) is 1. The lowest BCUT2D eigenvalue weighted by Crippen LogP contribution is -2.44. The molecule has 0 aliphatic heterocycles. The summed E-state index contributed by atoms with van der Waals surface area (Å²) in [5.41, 5.74) is 1.18. The molecule has 0 heterocycles. The highest BCUT2D eigenvalue weighted by molar-refractivity contribution is 5.82. The quantitative estimate of drug-likeness (QED) is 0.808. The standard InChI is InChI=1S/C17H24N2O3/c20-16(18-11-17(21)22)13-19(15-9-5-2-6-10-15)12-14-7-3-1-4-8-14/h1,3-4,7-8,15H,2,5-6,9-13H2,(H,18,20)(H,21,22). The van der Waals surface area contributed by atoms with E-state index in [2.05, 4.69) is 22.3 Å². The van der Waals surface area contributed by atoms with Gasteiger partial charge in [-0.1, -0.05) is 49.6 Å². The third-order valence-corrected chi connectivity index (χ3v) is 4.10. The van der Waals surface area contributed by atoms with Gasteiger partial charge < -0.3 is 10.4 Å². The van der Waals surface area contributed by atoms with Crippen LogP contribution in [0.25, 0.3) is 0 Å². The molecule has 0 aromatic heterocycles. The Hall–Kier alpha value is -1.88. The first-order chi connectivity index (χ1) is 10.6. The van der Waals surface area contributed by atoms with Gasteiger partial charge in [-0.2, -0.15) is 0 Å². The molecule has 120 valence electrons. The van der Waals surface area contributed by atoms with Gasteiger partial charge in [-0.3, -0.25) is 14.5 Å². The van der Waals surface area contributed by atoms with E-state index in [1.165, 1.54) is 24.8 Å². The van der Waals surface area contributed by atoms with Gasteiger partial charge in [0.05, 0.1) is 6.54 Å². The Morgan fingerprint density at radius 2 is 1.82 bits per heavy atom. The Morgan fingerprint density at radius 1 is 1.14 bits per heavy atom. The maximum Gasteiger partial charge on any atom is 0.322 e. The molecule has 1 aliphatic carbocycles. The first-order valence-corrected chi connectivity index (χ1v) is 7.91. The lowest BCUT2D eigenvalue weighted by Gasteiger charge is -2.34. The summed E-state index contributed by atoms with van der Waals surface area (Å²) >= 11 is 0. The number of hydrogen-bond donors (Lipinski definition) is 2. The van der Waals surface area contributed by atoms with Crippen LogP contribution in [-0.4, -0.2) is 41.0 Å². The van der Waals surface area contributed by atoms with E-state index in [0.29, 0.717) is 6.04 Å². The number of rotatable bonds is 7. The predicted octanol–water partition coefficient (Wildman–Crippen LogP) is 2.02. The second-order valence-electron chi connectivity index (χ2n) is 5.85. The average Bonchev–Trinajstić information content (AvgIpc) is 2.54. The number of aliphatic carboxylic acids is 1. The predicted molar refractivity (Wildman–Crippen MR) is 84.4 cm³/mol. The van der Waals surface area contributed by atoms with Gasteiger partial charge in [0.1, 0.15) is 6.54 Å². The number of amides is 1. The Morgan fingerprint density at radius 3 is 2.45 bits per heavy atom. The molecular weight excluding hydrogens is 280 g/mol. The van der Waals surface area contributed by atoms with Crippen molar-refractivity contribution >= 4 is 11.9 Å². The van der Waals surface area contributed by atoms with Crippen LogP contribution in [0.1, 0.15) is 37.7 Å². The fourth-order valence-electron chi connectivity index (χ4n) is 2.99. The number of carbonyl (C=O) groups excluding carboxylic acids is 1. The van der Waals surface area contributed by atoms with Crippen LogP contribution in [0.3, 0.4) is 0 Å². The van der Waals surface area contributed by atoms with Crippen molar-refractivity contribution in [3.8, 4) is 0 Å². The van der Waals surface area contributed by atoms with Crippen LogP contribution in [0.15, 0.2) is 30.3 Å². The zero-order chi connectivity index (χ0) is 15.8. The van der Waals surface area contributed by atoms with E-state index < -0.39 is 5.97 Å². The molecule has 22 heavy (non-hydrogen) atoms. The van der Waals surface area contributed by atoms with Crippen molar-refractivity contribution in [2.45, 2.75) is 44.7 Å². The highest BCUT2D eigenvalue weighted by Crippen LogP contribution is 2.23. The number of nitrogens with zero attached hydrogens (tertiary/aromatic N) is 1. The summed E-state index contributed by atoms with van der Waals surface area (Å²) in [5.74, 6) is -1.23. The molecule has 2 N–H and O–H groups in total. The fraction of sp³-hybridized carbons (Fsp3) is 0.529. The van der Waals surface area contributed by atoms with Crippen molar-refractivity contribution in [2.24, 2.45) is 0 Å². The number of hydrogen-bond acceptors (Lipinski definition) is 3. The largest absolute Gasteiger partial charge is 0.480 e. The summed E-state index contributed by atoms with van der Waals surface area (Å²) in [6, 6.07) is 10.5. The van der Waals surface area contributed by atoms with E-state index in [0.717, 1.165) is 19.4 Å². The van der Waals surface area contributed by atoms with Crippen molar-refractivity contribution in [2.75, 3.05) is 13.1 Å². The number of benzene rings is 1. The molecule has 0 unspecified atom stereocenters. The molecule has 0 atom stereocenters. The first kappa shape index (κ1) is 16.5. The van der Waals surface area contributed by atoms with Crippen LogP contribution in [0.4, 0.5) is 0 Å². The summed E-state index contributed by atoms with van der Waals surface area (Å²) in [5, 5.41) is 11.1. The molecule has 0 radical (unpaired) electrons. The topological polar surface area (TPSA) is 69.6 Å². The van der Waals surface area contributed by atoms with E-state index in [1.54, 1.807) is 0 Å². The van der Waals surface area contributed by atoms with Crippen LogP contribution in [0.2, 0.25) is 0 Å². The molecule has 1 aromatic rings. The fourth-order valence-corrected chi connectivity index (χ4v) is 2.99. The van der Waals surface area contributed by atoms with Gasteiger partial charge in [-0.25, -0.2) is 0 Å². The molecule has 0 spiro atoms. The highest BCUT2D eigenvalue weighted by Gasteiger charge is 2.23. The van der Waals surface area contributed by atoms with Gasteiger partial charge >= 0.3 is 5.97 Å². The number of carboxylic acid groups (broad SMARTS) is 1. The molecule has 1 saturated carbocycles. The Balaban J connectivity index is 1.97. The van der Waals surface area contributed by atoms with Crippen LogP contribution in [0.5, 0.6) is 0 Å². The van der Waals surface area contributed by atoms with Crippen LogP contribution in [-0.2, 0) is 16.1 Å². The molecule has 0 bridgehead atoms.